The van der Waals surface area contributed by atoms with Gasteiger partial charge in [-0.05, 0) is 52.9 Å². The van der Waals surface area contributed by atoms with Gasteiger partial charge in [-0.25, -0.2) is 4.79 Å². The van der Waals surface area contributed by atoms with Crippen LogP contribution in [0.4, 0.5) is 0 Å². The smallest absolute Gasteiger partial charge is 0.326 e. The summed E-state index contributed by atoms with van der Waals surface area (Å²) in [6.45, 7) is 10.2. The third kappa shape index (κ3) is 9.97. The Bertz CT molecular complexity index is 547. The van der Waals surface area contributed by atoms with Gasteiger partial charge in [-0.3, -0.25) is 10.1 Å². The molecular formula is C20H37IN2O4S2. The van der Waals surface area contributed by atoms with Gasteiger partial charge in [0.1, 0.15) is 12.3 Å². The van der Waals surface area contributed by atoms with E-state index in [2.05, 4.69) is 55.6 Å². The maximum atomic E-state index is 12.2. The number of amides is 1. The summed E-state index contributed by atoms with van der Waals surface area (Å²) in [6.07, 6.45) is 6.00. The third-order valence-corrected chi connectivity index (χ3v) is 10.7. The number of hydrogen-bond donors (Lipinski definition) is 2. The van der Waals surface area contributed by atoms with Crippen molar-refractivity contribution in [1.82, 2.24) is 10.2 Å². The summed E-state index contributed by atoms with van der Waals surface area (Å²) in [6, 6.07) is -0.789. The average Bonchev–Trinajstić information content (AvgIpc) is 3.41. The molecule has 0 saturated carbocycles. The normalized spacial score (nSPS) is 20.4. The molecule has 0 aromatic rings. The van der Waals surface area contributed by atoms with Gasteiger partial charge in [0.15, 0.2) is 0 Å². The van der Waals surface area contributed by atoms with Crippen molar-refractivity contribution in [3.63, 3.8) is 0 Å². The lowest BCUT2D eigenvalue weighted by atomic mass is 10.1. The van der Waals surface area contributed by atoms with Gasteiger partial charge < -0.3 is 14.7 Å². The van der Waals surface area contributed by atoms with E-state index in [-0.39, 0.29) is 20.4 Å². The van der Waals surface area contributed by atoms with Gasteiger partial charge in [0.2, 0.25) is 5.91 Å². The maximum absolute atomic E-state index is 12.2. The van der Waals surface area contributed by atoms with Gasteiger partial charge in [0.25, 0.3) is 0 Å². The minimum absolute atomic E-state index is 0.0309. The van der Waals surface area contributed by atoms with Crippen molar-refractivity contribution in [2.24, 2.45) is 0 Å². The lowest BCUT2D eigenvalue weighted by Gasteiger charge is -2.26. The first kappa shape index (κ1) is 27.3. The van der Waals surface area contributed by atoms with Crippen molar-refractivity contribution in [2.45, 2.75) is 99.8 Å². The Hall–Kier alpha value is 0.290. The number of hydrogen-bond acceptors (Lipinski definition) is 6. The molecule has 0 aliphatic carbocycles. The van der Waals surface area contributed by atoms with Gasteiger partial charge >= 0.3 is 5.97 Å². The molecule has 29 heavy (non-hydrogen) atoms. The molecule has 1 aliphatic heterocycles. The number of carboxylic acids is 1. The Morgan fingerprint density at radius 3 is 2.48 bits per heavy atom. The molecule has 1 fully saturated rings. The van der Waals surface area contributed by atoms with Crippen LogP contribution in [-0.2, 0) is 14.3 Å². The van der Waals surface area contributed by atoms with Crippen molar-refractivity contribution in [3.05, 3.63) is 0 Å². The maximum Gasteiger partial charge on any atom is 0.326 e. The van der Waals surface area contributed by atoms with Gasteiger partial charge in [0, 0.05) is 24.0 Å². The lowest BCUT2D eigenvalue weighted by Crippen LogP contribution is -2.40. The highest BCUT2D eigenvalue weighted by Gasteiger charge is 2.42. The number of halogens is 1. The molecule has 1 amide bonds. The van der Waals surface area contributed by atoms with Crippen LogP contribution >= 0.6 is 44.2 Å². The van der Waals surface area contributed by atoms with Crippen LogP contribution in [0.1, 0.15) is 73.1 Å². The summed E-state index contributed by atoms with van der Waals surface area (Å²) >= 11 is 2.50. The molecule has 9 heteroatoms. The van der Waals surface area contributed by atoms with Crippen LogP contribution in [0, 0.1) is 0 Å². The largest absolute Gasteiger partial charge is 0.480 e. The van der Waals surface area contributed by atoms with Crippen molar-refractivity contribution in [1.29, 1.82) is 0 Å². The molecule has 0 aromatic carbocycles. The van der Waals surface area contributed by atoms with E-state index in [0.717, 1.165) is 37.9 Å². The molecule has 170 valence electrons. The van der Waals surface area contributed by atoms with Crippen LogP contribution in [-0.4, -0.2) is 61.3 Å². The second-order valence-electron chi connectivity index (χ2n) is 8.24. The zero-order chi connectivity index (χ0) is 22.2. The number of carboxylic acid groups (broad SMARTS) is 1. The summed E-state index contributed by atoms with van der Waals surface area (Å²) < 4.78 is 5.88. The molecule has 1 rings (SSSR count). The number of alkyl halides is 1. The lowest BCUT2D eigenvalue weighted by molar-refractivity contribution is -0.148. The number of aliphatic carboxylic acids is 1. The summed E-state index contributed by atoms with van der Waals surface area (Å²) in [5, 5.41) is 12.6. The van der Waals surface area contributed by atoms with Crippen LogP contribution in [0.5, 0.6) is 0 Å². The average molecular weight is 561 g/mol. The zero-order valence-electron chi connectivity index (χ0n) is 18.5. The van der Waals surface area contributed by atoms with Gasteiger partial charge in [-0.2, -0.15) is 0 Å². The monoisotopic (exact) mass is 560 g/mol. The van der Waals surface area contributed by atoms with Gasteiger partial charge in [-0.1, -0.05) is 58.0 Å². The minimum Gasteiger partial charge on any atom is -0.480 e. The second kappa shape index (κ2) is 12.4. The molecule has 1 saturated heterocycles. The van der Waals surface area contributed by atoms with E-state index in [4.69, 9.17) is 9.84 Å². The number of rotatable bonds is 15. The van der Waals surface area contributed by atoms with E-state index in [1.54, 1.807) is 7.05 Å². The number of carbonyl (C=O) groups is 2. The first-order chi connectivity index (χ1) is 13.4. The van der Waals surface area contributed by atoms with E-state index >= 15 is 0 Å². The van der Waals surface area contributed by atoms with Crippen molar-refractivity contribution < 1.29 is 19.4 Å². The first-order valence-electron chi connectivity index (χ1n) is 10.4. The highest BCUT2D eigenvalue weighted by atomic mass is 127. The molecule has 3 atom stereocenters. The highest BCUT2D eigenvalue weighted by molar-refractivity contribution is 14.1. The van der Waals surface area contributed by atoms with Gasteiger partial charge in [0.05, 0.1) is 9.65 Å². The Balaban J connectivity index is 2.18. The molecule has 1 aliphatic rings. The Kier molecular flexibility index (Phi) is 11.6. The molecule has 1 heterocycles. The van der Waals surface area contributed by atoms with Crippen LogP contribution < -0.4 is 5.32 Å². The van der Waals surface area contributed by atoms with Crippen molar-refractivity contribution in [3.8, 4) is 0 Å². The number of likely N-dealkylation sites (N-methyl/N-ethyl adjacent to an activating group) is 1. The number of nitrogens with zero attached hydrogens (tertiary/aromatic N) is 1. The Morgan fingerprint density at radius 1 is 1.31 bits per heavy atom. The Labute approximate surface area is 197 Å². The van der Waals surface area contributed by atoms with E-state index in [1.807, 2.05) is 21.6 Å². The number of nitrogens with one attached hydrogen (secondary N) is 1. The van der Waals surface area contributed by atoms with Crippen molar-refractivity contribution in [2.75, 3.05) is 12.8 Å². The van der Waals surface area contributed by atoms with Crippen LogP contribution in [0.15, 0.2) is 0 Å². The molecule has 2 unspecified atom stereocenters. The standard InChI is InChI=1S/C20H37IN2O4S2/c1-7-20(21,8-2)22-17-15(27-17)10-9-13-28-29-19(4,5)12-11-16(24)23(6)14(3)18(25)26/h14-15,17,22H,7-13H2,1-6H3,(H,25,26)/t14-,15?,17?/m0/s1. The SMILES string of the molecule is CCC(I)(CC)NC1OC1CCCSSC(C)(C)CCC(=O)N(C)[C@@H](C)C(=O)O. The molecule has 2 N–H and O–H groups in total. The van der Waals surface area contributed by atoms with Crippen LogP contribution in [0.2, 0.25) is 0 Å². The van der Waals surface area contributed by atoms with Crippen LogP contribution in [0.3, 0.4) is 0 Å². The van der Waals surface area contributed by atoms with Gasteiger partial charge in [-0.15, -0.1) is 0 Å². The molecule has 6 nitrogen and oxygen atoms in total. The Morgan fingerprint density at radius 2 is 1.93 bits per heavy atom. The van der Waals surface area contributed by atoms with Crippen molar-refractivity contribution >= 4 is 56.1 Å². The van der Waals surface area contributed by atoms with Crippen LogP contribution in [0.25, 0.3) is 0 Å². The molecule has 0 aromatic heterocycles. The summed E-state index contributed by atoms with van der Waals surface area (Å²) in [4.78, 5) is 24.5. The van der Waals surface area contributed by atoms with E-state index in [0.29, 0.717) is 12.5 Å². The number of epoxide rings is 1. The van der Waals surface area contributed by atoms with E-state index in [1.165, 1.54) is 11.8 Å². The molecule has 0 bridgehead atoms. The summed E-state index contributed by atoms with van der Waals surface area (Å²) in [5.41, 5.74) is 0. The second-order valence-corrected chi connectivity index (χ2v) is 13.4. The predicted octanol–water partition coefficient (Wildman–Crippen LogP) is 4.90. The predicted molar refractivity (Wildman–Crippen MR) is 132 cm³/mol. The topological polar surface area (TPSA) is 82.2 Å². The summed E-state index contributed by atoms with van der Waals surface area (Å²) in [5.74, 6) is -0.0363. The fraction of sp³-hybridized carbons (Fsp3) is 0.900. The fourth-order valence-electron chi connectivity index (χ4n) is 2.75. The summed E-state index contributed by atoms with van der Waals surface area (Å²) in [7, 11) is 5.21. The fourth-order valence-corrected chi connectivity index (χ4v) is 5.74. The molecule has 0 radical (unpaired) electrons. The van der Waals surface area contributed by atoms with E-state index < -0.39 is 12.0 Å². The zero-order valence-corrected chi connectivity index (χ0v) is 22.3. The first-order valence-corrected chi connectivity index (χ1v) is 13.8. The quantitative estimate of drug-likeness (QED) is 0.0736. The number of carbonyl (C=O) groups excluding carboxylic acids is 1. The minimum atomic E-state index is -0.976. The number of ether oxygens (including phenoxy) is 1. The highest BCUT2D eigenvalue weighted by Crippen LogP contribution is 2.40. The third-order valence-electron chi connectivity index (χ3n) is 5.38. The molecule has 0 spiro atoms. The molecular weight excluding hydrogens is 523 g/mol. The van der Waals surface area contributed by atoms with E-state index in [9.17, 15) is 9.59 Å².